The quantitative estimate of drug-likeness (QED) is 0.504. The molecule has 7 rings (SSSR count). The van der Waals surface area contributed by atoms with Crippen molar-refractivity contribution in [3.8, 4) is 0 Å². The second kappa shape index (κ2) is 9.64. The van der Waals surface area contributed by atoms with Gasteiger partial charge in [0, 0.05) is 51.1 Å². The summed E-state index contributed by atoms with van der Waals surface area (Å²) in [5.74, 6) is 2.22. The molecule has 216 valence electrons. The van der Waals surface area contributed by atoms with Crippen LogP contribution in [0.1, 0.15) is 84.5 Å². The predicted octanol–water partition coefficient (Wildman–Crippen LogP) is 3.00. The summed E-state index contributed by atoms with van der Waals surface area (Å²) < 4.78 is 12.0. The molecule has 3 N–H and O–H groups in total. The largest absolute Gasteiger partial charge is 0.393 e. The Morgan fingerprint density at radius 3 is 2.08 bits per heavy atom. The number of hydrogen-bond acceptors (Lipinski definition) is 7. The Labute approximate surface area is 229 Å². The van der Waals surface area contributed by atoms with Gasteiger partial charge >= 0.3 is 0 Å². The number of aliphatic hydroxyl groups is 3. The molecule has 7 fully saturated rings. The van der Waals surface area contributed by atoms with E-state index >= 15 is 0 Å². The lowest BCUT2D eigenvalue weighted by atomic mass is 9.44. The van der Waals surface area contributed by atoms with Crippen LogP contribution in [0.4, 0.5) is 0 Å². The summed E-state index contributed by atoms with van der Waals surface area (Å²) in [4.78, 5) is 5.08. The fourth-order valence-electron chi connectivity index (χ4n) is 11.2. The van der Waals surface area contributed by atoms with Gasteiger partial charge in [-0.15, -0.1) is 0 Å². The fraction of sp³-hybridized carbons (Fsp3) is 1.00. The van der Waals surface area contributed by atoms with Gasteiger partial charge in [0.05, 0.1) is 31.5 Å². The highest BCUT2D eigenvalue weighted by Crippen LogP contribution is 2.67. The van der Waals surface area contributed by atoms with Crippen LogP contribution in [-0.4, -0.2) is 101 Å². The van der Waals surface area contributed by atoms with Gasteiger partial charge in [-0.25, -0.2) is 0 Å². The highest BCUT2D eigenvalue weighted by atomic mass is 16.7. The van der Waals surface area contributed by atoms with Crippen LogP contribution in [0.15, 0.2) is 0 Å². The van der Waals surface area contributed by atoms with Gasteiger partial charge in [-0.05, 0) is 92.3 Å². The average Bonchev–Trinajstić information content (AvgIpc) is 3.47. The summed E-state index contributed by atoms with van der Waals surface area (Å²) in [5, 5.41) is 33.2. The summed E-state index contributed by atoms with van der Waals surface area (Å²) in [5.41, 5.74) is 0.281. The Morgan fingerprint density at radius 2 is 1.37 bits per heavy atom. The summed E-state index contributed by atoms with van der Waals surface area (Å²) in [6.45, 7) is 10.2. The average molecular weight is 533 g/mol. The number of ether oxygens (including phenoxy) is 2. The third-order valence-corrected chi connectivity index (χ3v) is 13.5. The van der Waals surface area contributed by atoms with Gasteiger partial charge in [0.25, 0.3) is 0 Å². The maximum atomic E-state index is 11.8. The van der Waals surface area contributed by atoms with Crippen LogP contribution in [0, 0.1) is 34.5 Å². The lowest BCUT2D eigenvalue weighted by Gasteiger charge is -2.62. The third-order valence-electron chi connectivity index (χ3n) is 13.5. The van der Waals surface area contributed by atoms with E-state index in [0.29, 0.717) is 36.9 Å². The molecule has 7 aliphatic rings. The van der Waals surface area contributed by atoms with Gasteiger partial charge in [-0.2, -0.15) is 0 Å². The van der Waals surface area contributed by atoms with Crippen molar-refractivity contribution in [2.45, 2.75) is 121 Å². The van der Waals surface area contributed by atoms with Crippen molar-refractivity contribution in [1.29, 1.82) is 0 Å². The Balaban J connectivity index is 1.08. The molecule has 1 spiro atoms. The van der Waals surface area contributed by atoms with E-state index in [2.05, 4.69) is 23.6 Å². The Hall–Kier alpha value is -0.280. The summed E-state index contributed by atoms with van der Waals surface area (Å²) in [6, 6.07) is 0.493. The van der Waals surface area contributed by atoms with Crippen molar-refractivity contribution in [2.75, 3.05) is 39.4 Å². The predicted molar refractivity (Wildman–Crippen MR) is 144 cm³/mol. The van der Waals surface area contributed by atoms with E-state index in [1.807, 2.05) is 0 Å². The van der Waals surface area contributed by atoms with Gasteiger partial charge in [-0.1, -0.05) is 13.8 Å². The van der Waals surface area contributed by atoms with E-state index < -0.39 is 0 Å². The van der Waals surface area contributed by atoms with Crippen LogP contribution in [-0.2, 0) is 9.47 Å². The number of likely N-dealkylation sites (tertiary alicyclic amines) is 2. The molecule has 0 aromatic heterocycles. The minimum atomic E-state index is -0.358. The molecular formula is C31H52N2O5. The first-order valence-corrected chi connectivity index (χ1v) is 16.0. The van der Waals surface area contributed by atoms with Gasteiger partial charge in [0.15, 0.2) is 5.79 Å². The lowest BCUT2D eigenvalue weighted by Crippen LogP contribution is -2.60. The van der Waals surface area contributed by atoms with Gasteiger partial charge in [0.1, 0.15) is 0 Å². The molecule has 0 radical (unpaired) electrons. The third kappa shape index (κ3) is 4.08. The molecule has 0 amide bonds. The number of rotatable bonds is 2. The zero-order chi connectivity index (χ0) is 26.3. The van der Waals surface area contributed by atoms with E-state index in [1.165, 1.54) is 19.3 Å². The van der Waals surface area contributed by atoms with E-state index in [-0.39, 0.29) is 47.0 Å². The number of hydrogen-bond donors (Lipinski definition) is 3. The molecule has 5 unspecified atom stereocenters. The van der Waals surface area contributed by atoms with Crippen LogP contribution in [0.25, 0.3) is 0 Å². The first kappa shape index (κ1) is 26.6. The smallest absolute Gasteiger partial charge is 0.170 e. The highest BCUT2D eigenvalue weighted by molar-refractivity contribution is 5.14. The Morgan fingerprint density at radius 1 is 0.684 bits per heavy atom. The number of fused-ring (bicyclic) bond motifs is 5. The van der Waals surface area contributed by atoms with E-state index in [1.54, 1.807) is 0 Å². The number of piperidine rings is 2. The SMILES string of the molecule is C[C@]12CC(N3CCC(O)CC3)C(O)CC1CC[C@@H]1[C@H]2CC[C@]2(C)C(O)C(N3CCC4(CC3)OCCO4)C[C@@H]12. The second-order valence-corrected chi connectivity index (χ2v) is 14.9. The molecule has 7 heteroatoms. The Bertz CT molecular complexity index is 864. The topological polar surface area (TPSA) is 85.6 Å². The van der Waals surface area contributed by atoms with Crippen molar-refractivity contribution in [3.63, 3.8) is 0 Å². The molecule has 7 nitrogen and oxygen atoms in total. The molecule has 38 heavy (non-hydrogen) atoms. The van der Waals surface area contributed by atoms with Crippen LogP contribution in [0.5, 0.6) is 0 Å². The lowest BCUT2D eigenvalue weighted by molar-refractivity contribution is -0.190. The van der Waals surface area contributed by atoms with Crippen molar-refractivity contribution < 1.29 is 24.8 Å². The standard InChI is InChI=1S/C31H52N2O5/c1-29-8-5-23-22(24(29)18-25(28(29)36)33-13-9-31(10-14-33)37-15-16-38-31)4-3-20-17-27(35)26(19-30(20,23)2)32-11-6-21(34)7-12-32/h20-28,34-36H,3-19H2,1-2H3/t20?,22-,23-,24+,25?,26?,27?,28?,29+,30+/m1/s1. The molecule has 0 aromatic rings. The van der Waals surface area contributed by atoms with Gasteiger partial charge in [0.2, 0.25) is 0 Å². The normalized spacial score (nSPS) is 52.0. The summed E-state index contributed by atoms with van der Waals surface area (Å²) in [6.07, 6.45) is 10.9. The van der Waals surface area contributed by atoms with E-state index in [4.69, 9.17) is 9.47 Å². The molecular weight excluding hydrogens is 480 g/mol. The first-order chi connectivity index (χ1) is 18.2. The first-order valence-electron chi connectivity index (χ1n) is 16.0. The maximum absolute atomic E-state index is 11.8. The zero-order valence-corrected chi connectivity index (χ0v) is 23.8. The van der Waals surface area contributed by atoms with Crippen molar-refractivity contribution in [3.05, 3.63) is 0 Å². The summed E-state index contributed by atoms with van der Waals surface area (Å²) in [7, 11) is 0. The molecule has 0 aromatic carbocycles. The van der Waals surface area contributed by atoms with Crippen LogP contribution in [0.2, 0.25) is 0 Å². The monoisotopic (exact) mass is 532 g/mol. The minimum absolute atomic E-state index is 0.0150. The number of aliphatic hydroxyl groups excluding tert-OH is 3. The fourth-order valence-corrected chi connectivity index (χ4v) is 11.2. The minimum Gasteiger partial charge on any atom is -0.393 e. The van der Waals surface area contributed by atoms with Crippen molar-refractivity contribution in [2.24, 2.45) is 34.5 Å². The maximum Gasteiger partial charge on any atom is 0.170 e. The van der Waals surface area contributed by atoms with Gasteiger partial charge < -0.3 is 24.8 Å². The molecule has 4 saturated carbocycles. The molecule has 10 atom stereocenters. The molecule has 3 heterocycles. The molecule has 3 aliphatic heterocycles. The molecule has 4 aliphatic carbocycles. The Kier molecular flexibility index (Phi) is 6.75. The second-order valence-electron chi connectivity index (χ2n) is 14.9. The van der Waals surface area contributed by atoms with E-state index in [0.717, 1.165) is 77.5 Å². The van der Waals surface area contributed by atoms with Crippen molar-refractivity contribution >= 4 is 0 Å². The zero-order valence-electron chi connectivity index (χ0n) is 23.8. The molecule has 3 saturated heterocycles. The van der Waals surface area contributed by atoms with Crippen molar-refractivity contribution in [1.82, 2.24) is 9.80 Å². The molecule has 0 bridgehead atoms. The van der Waals surface area contributed by atoms with Crippen LogP contribution < -0.4 is 0 Å². The highest BCUT2D eigenvalue weighted by Gasteiger charge is 2.64. The van der Waals surface area contributed by atoms with Gasteiger partial charge in [-0.3, -0.25) is 9.80 Å². The van der Waals surface area contributed by atoms with Crippen LogP contribution >= 0.6 is 0 Å². The van der Waals surface area contributed by atoms with E-state index in [9.17, 15) is 15.3 Å². The van der Waals surface area contributed by atoms with Crippen LogP contribution in [0.3, 0.4) is 0 Å². The summed E-state index contributed by atoms with van der Waals surface area (Å²) >= 11 is 0. The number of nitrogens with zero attached hydrogens (tertiary/aromatic N) is 2.